The van der Waals surface area contributed by atoms with Gasteiger partial charge in [0.1, 0.15) is 11.3 Å². The van der Waals surface area contributed by atoms with E-state index in [4.69, 9.17) is 26.6 Å². The van der Waals surface area contributed by atoms with Crippen molar-refractivity contribution in [3.05, 3.63) is 139 Å². The molecule has 0 N–H and O–H groups in total. The van der Waals surface area contributed by atoms with E-state index in [1.807, 2.05) is 95.6 Å². The Hall–Kier alpha value is -5.13. The summed E-state index contributed by atoms with van der Waals surface area (Å²) in [4.78, 5) is 19.6. The Labute approximate surface area is 236 Å². The third kappa shape index (κ3) is 4.42. The summed E-state index contributed by atoms with van der Waals surface area (Å²) in [6.07, 6.45) is 1.71. The van der Waals surface area contributed by atoms with Gasteiger partial charge in [-0.1, -0.05) is 115 Å². The van der Waals surface area contributed by atoms with E-state index in [0.717, 1.165) is 45.2 Å². The molecule has 0 amide bonds. The molecule has 0 radical (unpaired) electrons. The Morgan fingerprint density at radius 2 is 1.10 bits per heavy atom. The van der Waals surface area contributed by atoms with E-state index >= 15 is 0 Å². The van der Waals surface area contributed by atoms with Crippen LogP contribution < -0.4 is 0 Å². The molecule has 6 heteroatoms. The van der Waals surface area contributed by atoms with Crippen molar-refractivity contribution in [2.24, 2.45) is 0 Å². The van der Waals surface area contributed by atoms with E-state index in [0.29, 0.717) is 22.0 Å². The number of nitrogens with zero attached hydrogens (tertiary/aromatic N) is 5. The van der Waals surface area contributed by atoms with Crippen molar-refractivity contribution in [2.75, 3.05) is 0 Å². The standard InChI is InChI=1S/C34H22ClN5/c35-28-19-20-36-34-31(28)39-33(25-15-8-3-9-16-25)40(34)27-18-10-17-26(21-27)32-37-29(23-11-4-1-5-12-23)22-30(38-32)24-13-6-2-7-14-24/h1-22H. The minimum absolute atomic E-state index is 0.559. The number of benzene rings is 4. The zero-order valence-electron chi connectivity index (χ0n) is 21.3. The summed E-state index contributed by atoms with van der Waals surface area (Å²) < 4.78 is 2.04. The van der Waals surface area contributed by atoms with Gasteiger partial charge in [-0.05, 0) is 24.3 Å². The van der Waals surface area contributed by atoms with Crippen molar-refractivity contribution >= 4 is 22.8 Å². The zero-order valence-corrected chi connectivity index (χ0v) is 22.1. The average Bonchev–Trinajstić information content (AvgIpc) is 3.43. The number of halogens is 1. The molecule has 0 unspecified atom stereocenters. The summed E-state index contributed by atoms with van der Waals surface area (Å²) >= 11 is 6.56. The van der Waals surface area contributed by atoms with Crippen LogP contribution in [0.2, 0.25) is 5.02 Å². The number of aromatic nitrogens is 5. The Bertz CT molecular complexity index is 1890. The number of hydrogen-bond acceptors (Lipinski definition) is 4. The molecule has 3 heterocycles. The minimum Gasteiger partial charge on any atom is -0.277 e. The van der Waals surface area contributed by atoms with Crippen molar-refractivity contribution < 1.29 is 0 Å². The number of hydrogen-bond donors (Lipinski definition) is 0. The van der Waals surface area contributed by atoms with Gasteiger partial charge in [-0.25, -0.2) is 19.9 Å². The molecule has 4 aromatic carbocycles. The minimum atomic E-state index is 0.559. The highest BCUT2D eigenvalue weighted by atomic mass is 35.5. The summed E-state index contributed by atoms with van der Waals surface area (Å²) in [5, 5.41) is 0.559. The molecule has 0 atom stereocenters. The monoisotopic (exact) mass is 535 g/mol. The van der Waals surface area contributed by atoms with E-state index in [-0.39, 0.29) is 0 Å². The maximum absolute atomic E-state index is 6.56. The molecule has 0 aliphatic heterocycles. The molecule has 0 aliphatic rings. The van der Waals surface area contributed by atoms with Crippen molar-refractivity contribution in [3.8, 4) is 51.0 Å². The van der Waals surface area contributed by atoms with E-state index in [1.54, 1.807) is 12.3 Å². The van der Waals surface area contributed by atoms with Gasteiger partial charge >= 0.3 is 0 Å². The van der Waals surface area contributed by atoms with Crippen molar-refractivity contribution in [2.45, 2.75) is 0 Å². The fraction of sp³-hybridized carbons (Fsp3) is 0. The molecule has 5 nitrogen and oxygen atoms in total. The number of imidazole rings is 1. The lowest BCUT2D eigenvalue weighted by Crippen LogP contribution is -2.00. The highest BCUT2D eigenvalue weighted by Gasteiger charge is 2.18. The second-order valence-electron chi connectivity index (χ2n) is 9.35. The predicted octanol–water partition coefficient (Wildman–Crippen LogP) is 8.53. The number of rotatable bonds is 5. The molecule has 0 spiro atoms. The maximum Gasteiger partial charge on any atom is 0.166 e. The third-order valence-corrected chi connectivity index (χ3v) is 7.06. The van der Waals surface area contributed by atoms with Crippen LogP contribution in [-0.4, -0.2) is 24.5 Å². The highest BCUT2D eigenvalue weighted by molar-refractivity contribution is 6.34. The van der Waals surface area contributed by atoms with Crippen LogP contribution in [-0.2, 0) is 0 Å². The van der Waals surface area contributed by atoms with Crippen LogP contribution in [0.4, 0.5) is 0 Å². The molecule has 40 heavy (non-hydrogen) atoms. The fourth-order valence-electron chi connectivity index (χ4n) is 4.84. The summed E-state index contributed by atoms with van der Waals surface area (Å²) in [5.41, 5.74) is 7.88. The Balaban J connectivity index is 1.43. The van der Waals surface area contributed by atoms with Gasteiger partial charge in [-0.15, -0.1) is 0 Å². The maximum atomic E-state index is 6.56. The summed E-state index contributed by atoms with van der Waals surface area (Å²) in [6.45, 7) is 0. The molecule has 0 saturated carbocycles. The molecule has 0 saturated heterocycles. The van der Waals surface area contributed by atoms with Crippen LogP contribution in [0.3, 0.4) is 0 Å². The molecular formula is C34H22ClN5. The summed E-state index contributed by atoms with van der Waals surface area (Å²) in [7, 11) is 0. The topological polar surface area (TPSA) is 56.5 Å². The second-order valence-corrected chi connectivity index (χ2v) is 9.75. The van der Waals surface area contributed by atoms with Gasteiger partial charge in [0.05, 0.1) is 16.4 Å². The first-order chi connectivity index (χ1) is 19.7. The van der Waals surface area contributed by atoms with Gasteiger partial charge in [0.15, 0.2) is 11.5 Å². The zero-order chi connectivity index (χ0) is 26.9. The first kappa shape index (κ1) is 23.9. The van der Waals surface area contributed by atoms with Gasteiger partial charge in [-0.2, -0.15) is 0 Å². The van der Waals surface area contributed by atoms with Crippen LogP contribution in [0.5, 0.6) is 0 Å². The SMILES string of the molecule is Clc1ccnc2c1nc(-c1ccccc1)n2-c1cccc(-c2nc(-c3ccccc3)cc(-c3ccccc3)n2)c1. The molecular weight excluding hydrogens is 514 g/mol. The first-order valence-corrected chi connectivity index (χ1v) is 13.3. The van der Waals surface area contributed by atoms with Crippen molar-refractivity contribution in [1.29, 1.82) is 0 Å². The van der Waals surface area contributed by atoms with E-state index < -0.39 is 0 Å². The molecule has 190 valence electrons. The lowest BCUT2D eigenvalue weighted by Gasteiger charge is -2.12. The molecule has 7 rings (SSSR count). The largest absolute Gasteiger partial charge is 0.277 e. The van der Waals surface area contributed by atoms with Crippen molar-refractivity contribution in [3.63, 3.8) is 0 Å². The lowest BCUT2D eigenvalue weighted by atomic mass is 10.1. The van der Waals surface area contributed by atoms with Gasteiger partial charge in [0, 0.05) is 34.1 Å². The quantitative estimate of drug-likeness (QED) is 0.221. The molecule has 0 aliphatic carbocycles. The highest BCUT2D eigenvalue weighted by Crippen LogP contribution is 2.33. The molecule has 0 bridgehead atoms. The van der Waals surface area contributed by atoms with Crippen LogP contribution >= 0.6 is 11.6 Å². The van der Waals surface area contributed by atoms with Crippen molar-refractivity contribution in [1.82, 2.24) is 24.5 Å². The number of pyridine rings is 1. The average molecular weight is 536 g/mol. The smallest absolute Gasteiger partial charge is 0.166 e. The molecule has 0 fully saturated rings. The number of fused-ring (bicyclic) bond motifs is 1. The summed E-state index contributed by atoms with van der Waals surface area (Å²) in [5.74, 6) is 1.40. The fourth-order valence-corrected chi connectivity index (χ4v) is 5.03. The second kappa shape index (κ2) is 10.2. The van der Waals surface area contributed by atoms with Gasteiger partial charge in [0.2, 0.25) is 0 Å². The first-order valence-electron chi connectivity index (χ1n) is 12.9. The Kier molecular flexibility index (Phi) is 6.11. The van der Waals surface area contributed by atoms with Gasteiger partial charge < -0.3 is 0 Å². The Morgan fingerprint density at radius 1 is 0.525 bits per heavy atom. The lowest BCUT2D eigenvalue weighted by molar-refractivity contribution is 1.07. The van der Waals surface area contributed by atoms with Gasteiger partial charge in [0.25, 0.3) is 0 Å². The van der Waals surface area contributed by atoms with E-state index in [2.05, 4.69) is 35.3 Å². The molecule has 7 aromatic rings. The van der Waals surface area contributed by atoms with Crippen LogP contribution in [0.1, 0.15) is 0 Å². The predicted molar refractivity (Wildman–Crippen MR) is 161 cm³/mol. The van der Waals surface area contributed by atoms with E-state index in [1.165, 1.54) is 0 Å². The molecule has 3 aromatic heterocycles. The van der Waals surface area contributed by atoms with Crippen LogP contribution in [0, 0.1) is 0 Å². The summed E-state index contributed by atoms with van der Waals surface area (Å²) in [6, 6.07) is 42.4. The van der Waals surface area contributed by atoms with Crippen LogP contribution in [0.15, 0.2) is 134 Å². The third-order valence-electron chi connectivity index (χ3n) is 6.76. The van der Waals surface area contributed by atoms with Gasteiger partial charge in [-0.3, -0.25) is 4.57 Å². The van der Waals surface area contributed by atoms with Crippen LogP contribution in [0.25, 0.3) is 62.1 Å². The normalized spacial score (nSPS) is 11.1. The van der Waals surface area contributed by atoms with E-state index in [9.17, 15) is 0 Å². The Morgan fingerprint density at radius 3 is 1.73 bits per heavy atom.